The number of morpholine rings is 1. The van der Waals surface area contributed by atoms with Crippen molar-refractivity contribution in [2.75, 3.05) is 19.8 Å². The van der Waals surface area contributed by atoms with E-state index in [0.29, 0.717) is 12.0 Å². The lowest BCUT2D eigenvalue weighted by molar-refractivity contribution is 0.0903. The highest BCUT2D eigenvalue weighted by Crippen LogP contribution is 2.15. The molecule has 0 amide bonds. The van der Waals surface area contributed by atoms with Gasteiger partial charge >= 0.3 is 0 Å². The van der Waals surface area contributed by atoms with Gasteiger partial charge in [0.1, 0.15) is 0 Å². The van der Waals surface area contributed by atoms with E-state index in [0.717, 1.165) is 19.8 Å². The van der Waals surface area contributed by atoms with Crippen LogP contribution in [0.1, 0.15) is 30.9 Å². The van der Waals surface area contributed by atoms with E-state index in [1.165, 1.54) is 11.1 Å². The molecule has 0 bridgehead atoms. The second-order valence-electron chi connectivity index (χ2n) is 4.82. The molecule has 0 aliphatic carbocycles. The molecule has 1 unspecified atom stereocenters. The van der Waals surface area contributed by atoms with Crippen molar-refractivity contribution in [2.45, 2.75) is 25.8 Å². The fraction of sp³-hybridized carbons (Fsp3) is 0.467. The summed E-state index contributed by atoms with van der Waals surface area (Å²) in [6.45, 7) is 6.98. The first kappa shape index (κ1) is 12.3. The first-order valence-electron chi connectivity index (χ1n) is 6.35. The van der Waals surface area contributed by atoms with Gasteiger partial charge in [-0.05, 0) is 17.0 Å². The van der Waals surface area contributed by atoms with Crippen LogP contribution in [0.5, 0.6) is 0 Å². The summed E-state index contributed by atoms with van der Waals surface area (Å²) in [4.78, 5) is 0. The molecule has 1 aliphatic rings. The smallest absolute Gasteiger partial charge is 0.0656 e. The molecule has 17 heavy (non-hydrogen) atoms. The largest absolute Gasteiger partial charge is 0.378 e. The summed E-state index contributed by atoms with van der Waals surface area (Å²) >= 11 is 0. The Morgan fingerprint density at radius 3 is 2.65 bits per heavy atom. The molecule has 1 atom stereocenters. The number of hydrogen-bond acceptors (Lipinski definition) is 2. The van der Waals surface area contributed by atoms with Gasteiger partial charge in [0.05, 0.1) is 13.2 Å². The number of rotatable bonds is 3. The maximum absolute atomic E-state index is 5.41. The molecule has 2 rings (SSSR count). The first-order valence-corrected chi connectivity index (χ1v) is 6.35. The highest BCUT2D eigenvalue weighted by Gasteiger charge is 2.08. The van der Waals surface area contributed by atoms with E-state index < -0.39 is 0 Å². The van der Waals surface area contributed by atoms with Crippen LogP contribution < -0.4 is 5.32 Å². The van der Waals surface area contributed by atoms with Crippen LogP contribution >= 0.6 is 0 Å². The maximum Gasteiger partial charge on any atom is 0.0656 e. The van der Waals surface area contributed by atoms with Crippen molar-refractivity contribution >= 4 is 6.08 Å². The third-order valence-electron chi connectivity index (χ3n) is 3.07. The van der Waals surface area contributed by atoms with Crippen molar-refractivity contribution in [3.63, 3.8) is 0 Å². The predicted molar refractivity (Wildman–Crippen MR) is 72.2 cm³/mol. The summed E-state index contributed by atoms with van der Waals surface area (Å²) in [6.07, 6.45) is 4.35. The Morgan fingerprint density at radius 1 is 1.29 bits per heavy atom. The molecular formula is C15H21NO. The predicted octanol–water partition coefficient (Wildman–Crippen LogP) is 2.81. The number of hydrogen-bond donors (Lipinski definition) is 1. The van der Waals surface area contributed by atoms with Crippen molar-refractivity contribution < 1.29 is 4.74 Å². The normalized spacial score (nSPS) is 21.2. The van der Waals surface area contributed by atoms with Crippen LogP contribution in [0.2, 0.25) is 0 Å². The quantitative estimate of drug-likeness (QED) is 0.863. The lowest BCUT2D eigenvalue weighted by atomic mass is 10.0. The Balaban J connectivity index is 1.95. The van der Waals surface area contributed by atoms with Crippen molar-refractivity contribution in [2.24, 2.45) is 0 Å². The molecular weight excluding hydrogens is 210 g/mol. The highest BCUT2D eigenvalue weighted by molar-refractivity contribution is 5.50. The average Bonchev–Trinajstić information content (AvgIpc) is 2.38. The van der Waals surface area contributed by atoms with E-state index in [1.54, 1.807) is 0 Å². The Hall–Kier alpha value is -1.12. The van der Waals surface area contributed by atoms with Crippen molar-refractivity contribution in [3.05, 3.63) is 41.5 Å². The summed E-state index contributed by atoms with van der Waals surface area (Å²) in [5, 5.41) is 3.41. The third-order valence-corrected chi connectivity index (χ3v) is 3.07. The summed E-state index contributed by atoms with van der Waals surface area (Å²) in [5.74, 6) is 0.599. The fourth-order valence-corrected chi connectivity index (χ4v) is 1.93. The third kappa shape index (κ3) is 3.69. The van der Waals surface area contributed by atoms with Gasteiger partial charge in [0.15, 0.2) is 0 Å². The number of benzene rings is 1. The Kier molecular flexibility index (Phi) is 4.35. The molecule has 0 spiro atoms. The van der Waals surface area contributed by atoms with Gasteiger partial charge in [0.25, 0.3) is 0 Å². The molecule has 92 valence electrons. The van der Waals surface area contributed by atoms with Crippen LogP contribution in [-0.2, 0) is 4.74 Å². The maximum atomic E-state index is 5.41. The SMILES string of the molecule is CC(C)c1ccc(/C=C/C2COCCN2)cc1. The van der Waals surface area contributed by atoms with Crippen LogP contribution in [0, 0.1) is 0 Å². The van der Waals surface area contributed by atoms with Gasteiger partial charge in [-0.1, -0.05) is 50.3 Å². The molecule has 1 aromatic carbocycles. The van der Waals surface area contributed by atoms with E-state index in [1.807, 2.05) is 0 Å². The standard InChI is InChI=1S/C15H21NO/c1-12(2)14-6-3-13(4-7-14)5-8-15-11-17-10-9-16-15/h3-8,12,15-16H,9-11H2,1-2H3/b8-5+. The molecule has 1 aromatic rings. The van der Waals surface area contributed by atoms with E-state index in [4.69, 9.17) is 4.74 Å². The fourth-order valence-electron chi connectivity index (χ4n) is 1.93. The van der Waals surface area contributed by atoms with Crippen LogP contribution in [0.4, 0.5) is 0 Å². The zero-order valence-corrected chi connectivity index (χ0v) is 10.6. The molecule has 0 radical (unpaired) electrons. The summed E-state index contributed by atoms with van der Waals surface area (Å²) in [6, 6.07) is 9.11. The van der Waals surface area contributed by atoms with E-state index in [9.17, 15) is 0 Å². The highest BCUT2D eigenvalue weighted by atomic mass is 16.5. The van der Waals surface area contributed by atoms with Gasteiger partial charge in [0, 0.05) is 12.6 Å². The van der Waals surface area contributed by atoms with Gasteiger partial charge in [-0.2, -0.15) is 0 Å². The average molecular weight is 231 g/mol. The molecule has 1 fully saturated rings. The Labute approximate surface area is 104 Å². The second kappa shape index (κ2) is 5.99. The minimum Gasteiger partial charge on any atom is -0.378 e. The van der Waals surface area contributed by atoms with Gasteiger partial charge in [-0.15, -0.1) is 0 Å². The molecule has 0 saturated carbocycles. The van der Waals surface area contributed by atoms with Crippen LogP contribution in [-0.4, -0.2) is 25.8 Å². The second-order valence-corrected chi connectivity index (χ2v) is 4.82. The zero-order chi connectivity index (χ0) is 12.1. The topological polar surface area (TPSA) is 21.3 Å². The Bertz CT molecular complexity index is 361. The van der Waals surface area contributed by atoms with Crippen LogP contribution in [0.25, 0.3) is 6.08 Å². The van der Waals surface area contributed by atoms with Crippen molar-refractivity contribution in [1.82, 2.24) is 5.32 Å². The molecule has 0 aromatic heterocycles. The van der Waals surface area contributed by atoms with Crippen molar-refractivity contribution in [3.8, 4) is 0 Å². The van der Waals surface area contributed by atoms with Gasteiger partial charge in [-0.25, -0.2) is 0 Å². The zero-order valence-electron chi connectivity index (χ0n) is 10.6. The minimum absolute atomic E-state index is 0.355. The summed E-state index contributed by atoms with van der Waals surface area (Å²) in [5.41, 5.74) is 2.64. The van der Waals surface area contributed by atoms with E-state index >= 15 is 0 Å². The Morgan fingerprint density at radius 2 is 2.06 bits per heavy atom. The first-order chi connectivity index (χ1) is 8.25. The monoisotopic (exact) mass is 231 g/mol. The molecule has 1 heterocycles. The van der Waals surface area contributed by atoms with E-state index in [2.05, 4.69) is 55.6 Å². The minimum atomic E-state index is 0.355. The molecule has 2 nitrogen and oxygen atoms in total. The molecule has 1 aliphatic heterocycles. The molecule has 1 N–H and O–H groups in total. The van der Waals surface area contributed by atoms with Crippen molar-refractivity contribution in [1.29, 1.82) is 0 Å². The van der Waals surface area contributed by atoms with Gasteiger partial charge < -0.3 is 10.1 Å². The molecule has 1 saturated heterocycles. The molecule has 2 heteroatoms. The van der Waals surface area contributed by atoms with Gasteiger partial charge in [0.2, 0.25) is 0 Å². The summed E-state index contributed by atoms with van der Waals surface area (Å²) < 4.78 is 5.41. The lowest BCUT2D eigenvalue weighted by Crippen LogP contribution is -2.39. The summed E-state index contributed by atoms with van der Waals surface area (Å²) in [7, 11) is 0. The van der Waals surface area contributed by atoms with Crippen LogP contribution in [0.3, 0.4) is 0 Å². The number of ether oxygens (including phenoxy) is 1. The number of nitrogens with one attached hydrogen (secondary N) is 1. The van der Waals surface area contributed by atoms with E-state index in [-0.39, 0.29) is 0 Å². The van der Waals surface area contributed by atoms with Crippen LogP contribution in [0.15, 0.2) is 30.3 Å². The lowest BCUT2D eigenvalue weighted by Gasteiger charge is -2.20. The van der Waals surface area contributed by atoms with Gasteiger partial charge in [-0.3, -0.25) is 0 Å².